The number of benzene rings is 1. The quantitative estimate of drug-likeness (QED) is 0.893. The van der Waals surface area contributed by atoms with Crippen LogP contribution in [0.4, 0.5) is 14.0 Å². The van der Waals surface area contributed by atoms with E-state index < -0.39 is 0 Å². The molecule has 0 aromatic heterocycles. The average molecular weight is 323 g/mol. The number of rotatable bonds is 4. The summed E-state index contributed by atoms with van der Waals surface area (Å²) in [5.41, 5.74) is 0.832. The van der Waals surface area contributed by atoms with Crippen LogP contribution in [0, 0.1) is 5.82 Å². The molecule has 0 aliphatic carbocycles. The molecule has 23 heavy (non-hydrogen) atoms. The topological polar surface area (TPSA) is 70.7 Å². The van der Waals surface area contributed by atoms with E-state index in [0.717, 1.165) is 5.56 Å². The van der Waals surface area contributed by atoms with E-state index in [2.05, 4.69) is 10.6 Å². The predicted molar refractivity (Wildman–Crippen MR) is 83.4 cm³/mol. The van der Waals surface area contributed by atoms with E-state index in [1.54, 1.807) is 24.0 Å². The standard InChI is InChI=1S/C16H22FN3O3/c1-2-23-16(22)20-9-7-14(8-10-20)19-15(21)18-11-12-3-5-13(17)6-4-12/h3-6,14H,2,7-11H2,1H3,(H2,18,19,21). The molecule has 1 aliphatic rings. The van der Waals surface area contributed by atoms with Crippen molar-refractivity contribution in [3.05, 3.63) is 35.6 Å². The van der Waals surface area contributed by atoms with Crippen LogP contribution >= 0.6 is 0 Å². The van der Waals surface area contributed by atoms with Gasteiger partial charge in [0, 0.05) is 25.7 Å². The summed E-state index contributed by atoms with van der Waals surface area (Å²) in [5, 5.41) is 5.63. The summed E-state index contributed by atoms with van der Waals surface area (Å²) in [6.45, 7) is 3.62. The number of ether oxygens (including phenoxy) is 1. The molecule has 2 rings (SSSR count). The molecule has 2 N–H and O–H groups in total. The first-order valence-electron chi connectivity index (χ1n) is 7.79. The zero-order valence-corrected chi connectivity index (χ0v) is 13.2. The third kappa shape index (κ3) is 5.43. The minimum absolute atomic E-state index is 0.0360. The Balaban J connectivity index is 1.68. The molecule has 1 fully saturated rings. The molecule has 0 bridgehead atoms. The van der Waals surface area contributed by atoms with Crippen molar-refractivity contribution in [2.75, 3.05) is 19.7 Å². The van der Waals surface area contributed by atoms with Gasteiger partial charge in [0.05, 0.1) is 6.61 Å². The van der Waals surface area contributed by atoms with Gasteiger partial charge in [0.2, 0.25) is 0 Å². The zero-order chi connectivity index (χ0) is 16.7. The average Bonchev–Trinajstić information content (AvgIpc) is 2.55. The fourth-order valence-corrected chi connectivity index (χ4v) is 2.44. The maximum absolute atomic E-state index is 12.8. The molecule has 1 saturated heterocycles. The normalized spacial score (nSPS) is 15.1. The van der Waals surface area contributed by atoms with Crippen molar-refractivity contribution in [2.45, 2.75) is 32.4 Å². The van der Waals surface area contributed by atoms with Crippen LogP contribution < -0.4 is 10.6 Å². The summed E-state index contributed by atoms with van der Waals surface area (Å²) >= 11 is 0. The fourth-order valence-electron chi connectivity index (χ4n) is 2.44. The van der Waals surface area contributed by atoms with Crippen LogP contribution in [0.2, 0.25) is 0 Å². The smallest absolute Gasteiger partial charge is 0.409 e. The van der Waals surface area contributed by atoms with E-state index in [0.29, 0.717) is 39.1 Å². The lowest BCUT2D eigenvalue weighted by Crippen LogP contribution is -2.49. The highest BCUT2D eigenvalue weighted by atomic mass is 19.1. The second-order valence-electron chi connectivity index (χ2n) is 5.41. The highest BCUT2D eigenvalue weighted by Crippen LogP contribution is 2.11. The molecule has 3 amide bonds. The van der Waals surface area contributed by atoms with Crippen LogP contribution in [0.25, 0.3) is 0 Å². The summed E-state index contributed by atoms with van der Waals surface area (Å²) in [4.78, 5) is 25.1. The number of carbonyl (C=O) groups excluding carboxylic acids is 2. The van der Waals surface area contributed by atoms with Crippen molar-refractivity contribution in [1.29, 1.82) is 0 Å². The molecule has 126 valence electrons. The third-order valence-corrected chi connectivity index (χ3v) is 3.72. The minimum atomic E-state index is -0.299. The number of carbonyl (C=O) groups is 2. The number of nitrogens with zero attached hydrogens (tertiary/aromatic N) is 1. The van der Waals surface area contributed by atoms with Crippen LogP contribution in [-0.4, -0.2) is 42.8 Å². The second kappa shape index (κ2) is 8.36. The van der Waals surface area contributed by atoms with E-state index >= 15 is 0 Å². The molecule has 0 radical (unpaired) electrons. The SMILES string of the molecule is CCOC(=O)N1CCC(NC(=O)NCc2ccc(F)cc2)CC1. The van der Waals surface area contributed by atoms with Gasteiger partial charge < -0.3 is 20.3 Å². The Bertz CT molecular complexity index is 528. The van der Waals surface area contributed by atoms with Gasteiger partial charge in [0.1, 0.15) is 5.82 Å². The summed E-state index contributed by atoms with van der Waals surface area (Å²) in [6, 6.07) is 5.76. The number of amides is 3. The first-order chi connectivity index (χ1) is 11.1. The van der Waals surface area contributed by atoms with Crippen molar-refractivity contribution >= 4 is 12.1 Å². The predicted octanol–water partition coefficient (Wildman–Crippen LogP) is 2.25. The Morgan fingerprint density at radius 3 is 2.52 bits per heavy atom. The van der Waals surface area contributed by atoms with Crippen molar-refractivity contribution in [3.8, 4) is 0 Å². The van der Waals surface area contributed by atoms with Gasteiger partial charge >= 0.3 is 12.1 Å². The number of nitrogens with one attached hydrogen (secondary N) is 2. The van der Waals surface area contributed by atoms with E-state index in [-0.39, 0.29) is 24.0 Å². The van der Waals surface area contributed by atoms with Crippen LogP contribution in [0.15, 0.2) is 24.3 Å². The monoisotopic (exact) mass is 323 g/mol. The Labute approximate surface area is 135 Å². The van der Waals surface area contributed by atoms with Crippen molar-refractivity contribution in [1.82, 2.24) is 15.5 Å². The summed E-state index contributed by atoms with van der Waals surface area (Å²) in [5.74, 6) is -0.299. The Morgan fingerprint density at radius 2 is 1.91 bits per heavy atom. The number of urea groups is 1. The summed E-state index contributed by atoms with van der Waals surface area (Å²) < 4.78 is 17.7. The van der Waals surface area contributed by atoms with Gasteiger partial charge in [-0.2, -0.15) is 0 Å². The van der Waals surface area contributed by atoms with Crippen LogP contribution in [-0.2, 0) is 11.3 Å². The molecule has 7 heteroatoms. The maximum Gasteiger partial charge on any atom is 0.409 e. The van der Waals surface area contributed by atoms with E-state index in [1.165, 1.54) is 12.1 Å². The number of piperidine rings is 1. The molecule has 0 saturated carbocycles. The Hall–Kier alpha value is -2.31. The second-order valence-corrected chi connectivity index (χ2v) is 5.41. The minimum Gasteiger partial charge on any atom is -0.450 e. The van der Waals surface area contributed by atoms with Crippen molar-refractivity contribution in [2.24, 2.45) is 0 Å². The molecule has 6 nitrogen and oxygen atoms in total. The summed E-state index contributed by atoms with van der Waals surface area (Å²) in [7, 11) is 0. The first kappa shape index (κ1) is 17.1. The molecule has 1 aromatic carbocycles. The number of hydrogen-bond donors (Lipinski definition) is 2. The fraction of sp³-hybridized carbons (Fsp3) is 0.500. The Kier molecular flexibility index (Phi) is 6.19. The molecule has 0 atom stereocenters. The lowest BCUT2D eigenvalue weighted by Gasteiger charge is -2.31. The first-order valence-corrected chi connectivity index (χ1v) is 7.79. The van der Waals surface area contributed by atoms with Crippen LogP contribution in [0.3, 0.4) is 0 Å². The van der Waals surface area contributed by atoms with Crippen LogP contribution in [0.5, 0.6) is 0 Å². The summed E-state index contributed by atoms with van der Waals surface area (Å²) in [6.07, 6.45) is 1.10. The highest BCUT2D eigenvalue weighted by molar-refractivity contribution is 5.74. The number of halogens is 1. The van der Waals surface area contributed by atoms with E-state index in [9.17, 15) is 14.0 Å². The van der Waals surface area contributed by atoms with Gasteiger partial charge in [-0.05, 0) is 37.5 Å². The van der Waals surface area contributed by atoms with Crippen molar-refractivity contribution < 1.29 is 18.7 Å². The Morgan fingerprint density at radius 1 is 1.26 bits per heavy atom. The number of likely N-dealkylation sites (tertiary alicyclic amines) is 1. The van der Waals surface area contributed by atoms with E-state index in [1.807, 2.05) is 0 Å². The molecular weight excluding hydrogens is 301 g/mol. The largest absolute Gasteiger partial charge is 0.450 e. The van der Waals surface area contributed by atoms with Gasteiger partial charge in [0.15, 0.2) is 0 Å². The molecule has 1 heterocycles. The molecule has 1 aliphatic heterocycles. The highest BCUT2D eigenvalue weighted by Gasteiger charge is 2.24. The van der Waals surface area contributed by atoms with Crippen LogP contribution in [0.1, 0.15) is 25.3 Å². The number of hydrogen-bond acceptors (Lipinski definition) is 3. The molecule has 0 unspecified atom stereocenters. The molecule has 1 aromatic rings. The molecule has 0 spiro atoms. The van der Waals surface area contributed by atoms with Gasteiger partial charge in [-0.25, -0.2) is 14.0 Å². The van der Waals surface area contributed by atoms with E-state index in [4.69, 9.17) is 4.74 Å². The lowest BCUT2D eigenvalue weighted by atomic mass is 10.1. The van der Waals surface area contributed by atoms with Gasteiger partial charge in [-0.1, -0.05) is 12.1 Å². The maximum atomic E-state index is 12.8. The zero-order valence-electron chi connectivity index (χ0n) is 13.2. The lowest BCUT2D eigenvalue weighted by molar-refractivity contribution is 0.0957. The third-order valence-electron chi connectivity index (χ3n) is 3.72. The molecular formula is C16H22FN3O3. The van der Waals surface area contributed by atoms with Gasteiger partial charge in [0.25, 0.3) is 0 Å². The van der Waals surface area contributed by atoms with Gasteiger partial charge in [-0.3, -0.25) is 0 Å². The van der Waals surface area contributed by atoms with Crippen molar-refractivity contribution in [3.63, 3.8) is 0 Å². The van der Waals surface area contributed by atoms with Gasteiger partial charge in [-0.15, -0.1) is 0 Å².